The Bertz CT molecular complexity index is 1160. The lowest BCUT2D eigenvalue weighted by Gasteiger charge is -2.44. The summed E-state index contributed by atoms with van der Waals surface area (Å²) in [6.07, 6.45) is -1.17. The zero-order valence-corrected chi connectivity index (χ0v) is 18.7. The average molecular weight is 459 g/mol. The predicted octanol–water partition coefficient (Wildman–Crippen LogP) is 4.54. The third-order valence-electron chi connectivity index (χ3n) is 6.78. The molecule has 1 aliphatic carbocycles. The van der Waals surface area contributed by atoms with Gasteiger partial charge in [0.25, 0.3) is 0 Å². The van der Waals surface area contributed by atoms with E-state index in [4.69, 9.17) is 23.7 Å². The molecule has 6 rings (SSSR count). The summed E-state index contributed by atoms with van der Waals surface area (Å²) in [4.78, 5) is 13.4. The van der Waals surface area contributed by atoms with E-state index in [2.05, 4.69) is 0 Å². The molecule has 3 aromatic carbocycles. The molecular weight excluding hydrogens is 432 g/mol. The lowest BCUT2D eigenvalue weighted by molar-refractivity contribution is -0.186. The molecule has 0 spiro atoms. The highest BCUT2D eigenvalue weighted by Gasteiger charge is 2.49. The van der Waals surface area contributed by atoms with E-state index in [-0.39, 0.29) is 24.6 Å². The Balaban J connectivity index is 1.29. The highest BCUT2D eigenvalue weighted by atomic mass is 16.7. The van der Waals surface area contributed by atoms with Crippen molar-refractivity contribution in [2.45, 2.75) is 50.5 Å². The van der Waals surface area contributed by atoms with Crippen molar-refractivity contribution in [3.63, 3.8) is 0 Å². The normalized spacial score (nSPS) is 25.0. The molecule has 174 valence electrons. The maximum Gasteiger partial charge on any atom is 0.231 e. The number of hydrogen-bond acceptors (Lipinski definition) is 6. The summed E-state index contributed by atoms with van der Waals surface area (Å²) in [5.74, 6) is 1.35. The van der Waals surface area contributed by atoms with Crippen molar-refractivity contribution in [2.75, 3.05) is 6.79 Å². The molecule has 0 N–H and O–H groups in total. The Morgan fingerprint density at radius 1 is 0.824 bits per heavy atom. The molecule has 6 nitrogen and oxygen atoms in total. The monoisotopic (exact) mass is 458 g/mol. The number of Topliss-reactive ketones (excluding diaryl/α,β-unsaturated/α-hetero) is 1. The summed E-state index contributed by atoms with van der Waals surface area (Å²) >= 11 is 0. The SMILES string of the molecule is O=C1C[C@H]2c3cc4c(cc3CO[C@H]2[C@H](OCc2ccccc2)[C@@H]1OCc1ccccc1)OCO4. The molecule has 0 amide bonds. The van der Waals surface area contributed by atoms with E-state index in [0.29, 0.717) is 26.2 Å². The van der Waals surface area contributed by atoms with Crippen molar-refractivity contribution in [2.24, 2.45) is 0 Å². The van der Waals surface area contributed by atoms with Crippen molar-refractivity contribution in [1.82, 2.24) is 0 Å². The second-order valence-corrected chi connectivity index (χ2v) is 8.94. The van der Waals surface area contributed by atoms with Gasteiger partial charge in [0.05, 0.1) is 25.9 Å². The third kappa shape index (κ3) is 4.09. The summed E-state index contributed by atoms with van der Waals surface area (Å²) in [5, 5.41) is 0. The van der Waals surface area contributed by atoms with E-state index in [1.165, 1.54) is 0 Å². The minimum Gasteiger partial charge on any atom is -0.454 e. The van der Waals surface area contributed by atoms with Gasteiger partial charge < -0.3 is 23.7 Å². The molecule has 0 radical (unpaired) electrons. The Morgan fingerprint density at radius 2 is 1.47 bits per heavy atom. The largest absolute Gasteiger partial charge is 0.454 e. The van der Waals surface area contributed by atoms with Crippen molar-refractivity contribution in [3.05, 3.63) is 95.1 Å². The van der Waals surface area contributed by atoms with Crippen LogP contribution in [0.1, 0.15) is 34.6 Å². The number of ketones is 1. The lowest BCUT2D eigenvalue weighted by atomic mass is 9.75. The second-order valence-electron chi connectivity index (χ2n) is 8.94. The van der Waals surface area contributed by atoms with Gasteiger partial charge in [0, 0.05) is 12.3 Å². The van der Waals surface area contributed by atoms with Gasteiger partial charge in [-0.1, -0.05) is 60.7 Å². The van der Waals surface area contributed by atoms with Gasteiger partial charge in [0.1, 0.15) is 12.2 Å². The fraction of sp³-hybridized carbons (Fsp3) is 0.321. The number of fused-ring (bicyclic) bond motifs is 4. The van der Waals surface area contributed by atoms with Crippen LogP contribution in [0.25, 0.3) is 0 Å². The first-order valence-corrected chi connectivity index (χ1v) is 11.6. The molecule has 6 heteroatoms. The Labute approximate surface area is 198 Å². The summed E-state index contributed by atoms with van der Waals surface area (Å²) in [6, 6.07) is 23.8. The number of rotatable bonds is 6. The quantitative estimate of drug-likeness (QED) is 0.540. The van der Waals surface area contributed by atoms with Crippen LogP contribution in [0.2, 0.25) is 0 Å². The smallest absolute Gasteiger partial charge is 0.231 e. The summed E-state index contributed by atoms with van der Waals surface area (Å²) in [5.41, 5.74) is 4.16. The Kier molecular flexibility index (Phi) is 5.79. The van der Waals surface area contributed by atoms with Crippen LogP contribution < -0.4 is 9.47 Å². The van der Waals surface area contributed by atoms with Crippen molar-refractivity contribution < 1.29 is 28.5 Å². The molecule has 0 bridgehead atoms. The van der Waals surface area contributed by atoms with Crippen molar-refractivity contribution >= 4 is 5.78 Å². The molecule has 1 fully saturated rings. The van der Waals surface area contributed by atoms with Gasteiger partial charge in [-0.25, -0.2) is 0 Å². The van der Waals surface area contributed by atoms with Crippen LogP contribution in [0, 0.1) is 0 Å². The van der Waals surface area contributed by atoms with Gasteiger partial charge in [-0.15, -0.1) is 0 Å². The first-order valence-electron chi connectivity index (χ1n) is 11.6. The minimum atomic E-state index is -0.694. The molecule has 3 aliphatic rings. The lowest BCUT2D eigenvalue weighted by Crippen LogP contribution is -2.55. The molecule has 4 atom stereocenters. The van der Waals surface area contributed by atoms with Crippen LogP contribution in [0.4, 0.5) is 0 Å². The van der Waals surface area contributed by atoms with E-state index in [1.807, 2.05) is 72.8 Å². The standard InChI is InChI=1S/C28H26O6/c29-23-12-22-21-13-25-24(33-17-34-25)11-20(21)16-32-26(22)28(31-15-19-9-5-2-6-10-19)27(23)30-14-18-7-3-1-4-8-18/h1-11,13,22,26-28H,12,14-17H2/t22-,26+,27+,28-/m0/s1. The zero-order chi connectivity index (χ0) is 22.9. The van der Waals surface area contributed by atoms with E-state index >= 15 is 0 Å². The second kappa shape index (κ2) is 9.22. The van der Waals surface area contributed by atoms with Crippen LogP contribution in [-0.4, -0.2) is 30.9 Å². The summed E-state index contributed by atoms with van der Waals surface area (Å²) in [7, 11) is 0. The van der Waals surface area contributed by atoms with E-state index in [1.54, 1.807) is 0 Å². The van der Waals surface area contributed by atoms with E-state index in [9.17, 15) is 4.79 Å². The topological polar surface area (TPSA) is 63.2 Å². The van der Waals surface area contributed by atoms with E-state index in [0.717, 1.165) is 33.8 Å². The van der Waals surface area contributed by atoms with Gasteiger partial charge in [-0.2, -0.15) is 0 Å². The van der Waals surface area contributed by atoms with Crippen LogP contribution >= 0.6 is 0 Å². The molecule has 0 unspecified atom stereocenters. The molecule has 34 heavy (non-hydrogen) atoms. The molecule has 1 saturated carbocycles. The van der Waals surface area contributed by atoms with Gasteiger partial charge in [0.2, 0.25) is 6.79 Å². The van der Waals surface area contributed by atoms with Crippen LogP contribution in [0.15, 0.2) is 72.8 Å². The van der Waals surface area contributed by atoms with Crippen LogP contribution in [0.5, 0.6) is 11.5 Å². The number of hydrogen-bond donors (Lipinski definition) is 0. The number of ether oxygens (including phenoxy) is 5. The Morgan fingerprint density at radius 3 is 2.18 bits per heavy atom. The minimum absolute atomic E-state index is 0.0318. The molecule has 0 saturated heterocycles. The van der Waals surface area contributed by atoms with Gasteiger partial charge >= 0.3 is 0 Å². The molecule has 2 heterocycles. The summed E-state index contributed by atoms with van der Waals surface area (Å²) < 4.78 is 30.1. The average Bonchev–Trinajstić information content (AvgIpc) is 3.34. The molecule has 0 aromatic heterocycles. The van der Waals surface area contributed by atoms with Gasteiger partial charge in [-0.05, 0) is 34.4 Å². The first kappa shape index (κ1) is 21.4. The van der Waals surface area contributed by atoms with Gasteiger partial charge in [0.15, 0.2) is 17.3 Å². The molecule has 3 aromatic rings. The zero-order valence-electron chi connectivity index (χ0n) is 18.7. The molecular formula is C28H26O6. The highest BCUT2D eigenvalue weighted by Crippen LogP contribution is 2.46. The predicted molar refractivity (Wildman–Crippen MR) is 124 cm³/mol. The number of carbonyl (C=O) groups is 1. The van der Waals surface area contributed by atoms with Crippen molar-refractivity contribution in [3.8, 4) is 11.5 Å². The molecule has 2 aliphatic heterocycles. The maximum absolute atomic E-state index is 13.4. The fourth-order valence-electron chi connectivity index (χ4n) is 5.08. The van der Waals surface area contributed by atoms with E-state index < -0.39 is 12.2 Å². The Hall–Kier alpha value is -3.19. The summed E-state index contributed by atoms with van der Waals surface area (Å²) in [6.45, 7) is 1.36. The van der Waals surface area contributed by atoms with Crippen molar-refractivity contribution in [1.29, 1.82) is 0 Å². The van der Waals surface area contributed by atoms with Crippen LogP contribution in [0.3, 0.4) is 0 Å². The highest BCUT2D eigenvalue weighted by molar-refractivity contribution is 5.86. The third-order valence-corrected chi connectivity index (χ3v) is 6.78. The number of benzene rings is 3. The fourth-order valence-corrected chi connectivity index (χ4v) is 5.08. The first-order chi connectivity index (χ1) is 16.8. The van der Waals surface area contributed by atoms with Crippen LogP contribution in [-0.2, 0) is 38.8 Å². The van der Waals surface area contributed by atoms with Gasteiger partial charge in [-0.3, -0.25) is 4.79 Å². The maximum atomic E-state index is 13.4. The number of carbonyl (C=O) groups excluding carboxylic acids is 1.